The van der Waals surface area contributed by atoms with E-state index < -0.39 is 13.4 Å². The summed E-state index contributed by atoms with van der Waals surface area (Å²) in [6, 6.07) is 11.1. The molecule has 2 aromatic rings. The number of halogens is 1. The molecule has 0 spiro atoms. The molecular weight excluding hydrogens is 342 g/mol. The van der Waals surface area contributed by atoms with E-state index >= 15 is 0 Å². The Hall–Kier alpha value is -1.75. The Morgan fingerprint density at radius 1 is 1.00 bits per heavy atom. The highest BCUT2D eigenvalue weighted by molar-refractivity contribution is 7.54. The predicted molar refractivity (Wildman–Crippen MR) is 97.0 cm³/mol. The molecule has 136 valence electrons. The first-order valence-electron chi connectivity index (χ1n) is 8.19. The van der Waals surface area contributed by atoms with E-state index in [1.54, 1.807) is 58.2 Å². The summed E-state index contributed by atoms with van der Waals surface area (Å²) < 4.78 is 38.4. The van der Waals surface area contributed by atoms with E-state index in [2.05, 4.69) is 10.3 Å². The molecule has 0 saturated heterocycles. The lowest BCUT2D eigenvalue weighted by Gasteiger charge is -2.31. The minimum atomic E-state index is -3.62. The number of nitrogens with zero attached hydrogens (tertiary/aromatic N) is 1. The highest BCUT2D eigenvalue weighted by Gasteiger charge is 2.39. The fourth-order valence-electron chi connectivity index (χ4n) is 2.31. The maximum atomic E-state index is 13.6. The Balaban J connectivity index is 2.46. The van der Waals surface area contributed by atoms with Crippen LogP contribution >= 0.6 is 7.60 Å². The van der Waals surface area contributed by atoms with Gasteiger partial charge in [-0.15, -0.1) is 0 Å². The van der Waals surface area contributed by atoms with E-state index in [0.717, 1.165) is 0 Å². The number of hydrogen-bond donors (Lipinski definition) is 1. The van der Waals surface area contributed by atoms with Crippen LogP contribution in [-0.4, -0.2) is 17.2 Å². The van der Waals surface area contributed by atoms with Crippen LogP contribution in [0.3, 0.4) is 0 Å². The van der Waals surface area contributed by atoms with Crippen molar-refractivity contribution in [2.24, 2.45) is 0 Å². The summed E-state index contributed by atoms with van der Waals surface area (Å²) in [6.45, 7) is 7.16. The van der Waals surface area contributed by atoms with Gasteiger partial charge < -0.3 is 14.4 Å². The van der Waals surface area contributed by atoms with Gasteiger partial charge in [-0.2, -0.15) is 0 Å². The topological polar surface area (TPSA) is 60.5 Å². The van der Waals surface area contributed by atoms with Crippen LogP contribution in [0, 0.1) is 5.82 Å². The zero-order valence-corrected chi connectivity index (χ0v) is 15.7. The van der Waals surface area contributed by atoms with E-state index in [0.29, 0.717) is 11.4 Å². The van der Waals surface area contributed by atoms with Crippen LogP contribution in [0.5, 0.6) is 0 Å². The Bertz CT molecular complexity index is 694. The van der Waals surface area contributed by atoms with Gasteiger partial charge in [0.15, 0.2) is 5.78 Å². The second-order valence-electron chi connectivity index (χ2n) is 6.16. The standard InChI is InChI=1S/C18H24FN2O3P/c1-13(2)23-25(22,24-14(3)4)18(15-8-10-16(19)11-9-15)21-17-7-5-6-12-20-17/h5-14,18H,1-4H3,(H,20,21)/t18-/m1/s1. The van der Waals surface area contributed by atoms with Crippen molar-refractivity contribution in [1.82, 2.24) is 4.98 Å². The summed E-state index contributed by atoms with van der Waals surface area (Å²) in [4.78, 5) is 4.22. The van der Waals surface area contributed by atoms with Crippen molar-refractivity contribution in [1.29, 1.82) is 0 Å². The summed E-state index contributed by atoms with van der Waals surface area (Å²) in [5.74, 6) is -0.658. The van der Waals surface area contributed by atoms with Crippen molar-refractivity contribution in [2.75, 3.05) is 5.32 Å². The van der Waals surface area contributed by atoms with Gasteiger partial charge in [-0.1, -0.05) is 18.2 Å². The second kappa shape index (κ2) is 8.56. The van der Waals surface area contributed by atoms with Gasteiger partial charge in [0, 0.05) is 6.20 Å². The molecule has 0 fully saturated rings. The molecule has 0 saturated carbocycles. The van der Waals surface area contributed by atoms with E-state index in [1.807, 2.05) is 6.07 Å². The number of hydrogen-bond acceptors (Lipinski definition) is 5. The van der Waals surface area contributed by atoms with Crippen LogP contribution < -0.4 is 5.32 Å². The second-order valence-corrected chi connectivity index (χ2v) is 8.18. The van der Waals surface area contributed by atoms with Gasteiger partial charge in [-0.05, 0) is 57.5 Å². The summed E-state index contributed by atoms with van der Waals surface area (Å²) in [5, 5.41) is 3.12. The summed E-state index contributed by atoms with van der Waals surface area (Å²) in [6.07, 6.45) is 1.01. The lowest BCUT2D eigenvalue weighted by Crippen LogP contribution is -2.19. The Morgan fingerprint density at radius 2 is 1.60 bits per heavy atom. The van der Waals surface area contributed by atoms with E-state index in [1.165, 1.54) is 12.1 Å². The highest BCUT2D eigenvalue weighted by Crippen LogP contribution is 2.62. The molecule has 1 aromatic carbocycles. The van der Waals surface area contributed by atoms with Crippen LogP contribution in [0.4, 0.5) is 10.2 Å². The van der Waals surface area contributed by atoms with Crippen molar-refractivity contribution in [3.05, 3.63) is 60.0 Å². The van der Waals surface area contributed by atoms with Gasteiger partial charge >= 0.3 is 7.60 Å². The van der Waals surface area contributed by atoms with E-state index in [9.17, 15) is 8.96 Å². The summed E-state index contributed by atoms with van der Waals surface area (Å²) in [5.41, 5.74) is 0.594. The molecule has 0 aliphatic heterocycles. The van der Waals surface area contributed by atoms with Gasteiger partial charge in [0.05, 0.1) is 12.2 Å². The molecule has 5 nitrogen and oxygen atoms in total. The Labute approximate surface area is 148 Å². The van der Waals surface area contributed by atoms with Crippen LogP contribution in [-0.2, 0) is 13.6 Å². The van der Waals surface area contributed by atoms with E-state index in [-0.39, 0.29) is 18.0 Å². The fraction of sp³-hybridized carbons (Fsp3) is 0.389. The van der Waals surface area contributed by atoms with E-state index in [4.69, 9.17) is 9.05 Å². The average molecular weight is 366 g/mol. The number of pyridine rings is 1. The molecule has 25 heavy (non-hydrogen) atoms. The Kier molecular flexibility index (Phi) is 6.71. The molecule has 7 heteroatoms. The van der Waals surface area contributed by atoms with Crippen LogP contribution in [0.25, 0.3) is 0 Å². The van der Waals surface area contributed by atoms with Crippen molar-refractivity contribution in [2.45, 2.75) is 45.7 Å². The maximum Gasteiger partial charge on any atom is 0.357 e. The largest absolute Gasteiger partial charge is 0.357 e. The first-order valence-corrected chi connectivity index (χ1v) is 9.81. The van der Waals surface area contributed by atoms with Crippen molar-refractivity contribution >= 4 is 13.4 Å². The minimum Gasteiger partial charge on any atom is -0.353 e. The normalized spacial score (nSPS) is 13.2. The van der Waals surface area contributed by atoms with Crippen molar-refractivity contribution in [3.8, 4) is 0 Å². The van der Waals surface area contributed by atoms with Crippen LogP contribution in [0.1, 0.15) is 39.0 Å². The summed E-state index contributed by atoms with van der Waals surface area (Å²) in [7, 11) is -3.62. The zero-order chi connectivity index (χ0) is 18.4. The van der Waals surface area contributed by atoms with Gasteiger partial charge in [0.1, 0.15) is 11.6 Å². The molecule has 0 amide bonds. The summed E-state index contributed by atoms with van der Waals surface area (Å²) >= 11 is 0. The quantitative estimate of drug-likeness (QED) is 0.636. The molecule has 0 aliphatic carbocycles. The lowest BCUT2D eigenvalue weighted by molar-refractivity contribution is 0.138. The molecule has 1 aromatic heterocycles. The first-order chi connectivity index (χ1) is 11.8. The third-order valence-corrected chi connectivity index (χ3v) is 5.66. The molecule has 1 N–H and O–H groups in total. The maximum absolute atomic E-state index is 13.6. The number of benzene rings is 1. The van der Waals surface area contributed by atoms with Crippen molar-refractivity contribution < 1.29 is 18.0 Å². The zero-order valence-electron chi connectivity index (χ0n) is 14.8. The van der Waals surface area contributed by atoms with Crippen molar-refractivity contribution in [3.63, 3.8) is 0 Å². The lowest BCUT2D eigenvalue weighted by atomic mass is 10.2. The SMILES string of the molecule is CC(C)OP(=O)(OC(C)C)[C@@H](Nc1ccccn1)c1ccc(F)cc1. The first kappa shape index (κ1) is 19.6. The van der Waals surface area contributed by atoms with Gasteiger partial charge in [-0.25, -0.2) is 9.37 Å². The van der Waals surface area contributed by atoms with Crippen LogP contribution in [0.15, 0.2) is 48.7 Å². The monoisotopic (exact) mass is 366 g/mol. The molecule has 0 aliphatic rings. The molecule has 0 bridgehead atoms. The number of nitrogens with one attached hydrogen (secondary N) is 1. The smallest absolute Gasteiger partial charge is 0.353 e. The highest BCUT2D eigenvalue weighted by atomic mass is 31.2. The molecule has 0 radical (unpaired) electrons. The van der Waals surface area contributed by atoms with Crippen LogP contribution in [0.2, 0.25) is 0 Å². The number of aromatic nitrogens is 1. The molecule has 1 atom stereocenters. The van der Waals surface area contributed by atoms with Gasteiger partial charge in [0.25, 0.3) is 0 Å². The molecular formula is C18H24FN2O3P. The Morgan fingerprint density at radius 3 is 2.08 bits per heavy atom. The third-order valence-electron chi connectivity index (χ3n) is 3.17. The molecule has 1 heterocycles. The molecule has 2 rings (SSSR count). The predicted octanol–water partition coefficient (Wildman–Crippen LogP) is 5.37. The number of anilines is 1. The average Bonchev–Trinajstić information content (AvgIpc) is 2.53. The van der Waals surface area contributed by atoms with Gasteiger partial charge in [-0.3, -0.25) is 4.57 Å². The fourth-order valence-corrected chi connectivity index (χ4v) is 4.61. The molecule has 0 unspecified atom stereocenters. The third kappa shape index (κ3) is 5.63. The number of rotatable bonds is 8. The van der Waals surface area contributed by atoms with Gasteiger partial charge in [0.2, 0.25) is 0 Å². The minimum absolute atomic E-state index is 0.307.